The first kappa shape index (κ1) is 18.7. The van der Waals surface area contributed by atoms with Crippen molar-refractivity contribution in [2.24, 2.45) is 11.8 Å². The van der Waals surface area contributed by atoms with Crippen LogP contribution in [0.5, 0.6) is 5.75 Å². The van der Waals surface area contributed by atoms with Crippen LogP contribution in [0.1, 0.15) is 49.5 Å². The number of aromatic hydroxyl groups is 1. The molecule has 0 spiro atoms. The van der Waals surface area contributed by atoms with Crippen LogP contribution in [0.4, 0.5) is 0 Å². The standard InChI is InChI=1S/C26H31NO2/c1-17-12-20-14-21(13-19-6-4-3-5-7-19)18(2)27(16-20)11-10-23-24-15-22(28)8-9-25(24)29-26(17)23/h3-9,15,17-18,20-21,28H,10-14,16H2,1-2H3. The minimum absolute atomic E-state index is 0.323. The number of benzene rings is 2. The summed E-state index contributed by atoms with van der Waals surface area (Å²) in [6.07, 6.45) is 4.63. The lowest BCUT2D eigenvalue weighted by Gasteiger charge is -2.43. The zero-order chi connectivity index (χ0) is 20.0. The summed E-state index contributed by atoms with van der Waals surface area (Å²) in [6, 6.07) is 17.1. The van der Waals surface area contributed by atoms with Crippen LogP contribution < -0.4 is 0 Å². The van der Waals surface area contributed by atoms with Gasteiger partial charge >= 0.3 is 0 Å². The third-order valence-electron chi connectivity index (χ3n) is 7.32. The summed E-state index contributed by atoms with van der Waals surface area (Å²) in [6.45, 7) is 7.00. The summed E-state index contributed by atoms with van der Waals surface area (Å²) >= 11 is 0. The predicted octanol–water partition coefficient (Wildman–Crippen LogP) is 5.76. The Hall–Kier alpha value is -2.26. The van der Waals surface area contributed by atoms with Gasteiger partial charge in [-0.05, 0) is 68.2 Å². The minimum Gasteiger partial charge on any atom is -0.508 e. The van der Waals surface area contributed by atoms with Crippen LogP contribution in [0.2, 0.25) is 0 Å². The lowest BCUT2D eigenvalue weighted by molar-refractivity contribution is 0.0621. The number of piperidine rings is 1. The van der Waals surface area contributed by atoms with Crippen LogP contribution in [0.15, 0.2) is 52.9 Å². The van der Waals surface area contributed by atoms with Crippen molar-refractivity contribution < 1.29 is 9.52 Å². The van der Waals surface area contributed by atoms with Gasteiger partial charge in [0.1, 0.15) is 17.1 Å². The predicted molar refractivity (Wildman–Crippen MR) is 117 cm³/mol. The van der Waals surface area contributed by atoms with Crippen LogP contribution in [0.25, 0.3) is 11.0 Å². The van der Waals surface area contributed by atoms with Crippen molar-refractivity contribution in [2.45, 2.75) is 51.5 Å². The van der Waals surface area contributed by atoms with E-state index in [9.17, 15) is 5.11 Å². The fourth-order valence-electron chi connectivity index (χ4n) is 5.81. The number of phenols is 1. The molecule has 1 fully saturated rings. The van der Waals surface area contributed by atoms with E-state index in [1.165, 1.54) is 36.9 Å². The molecule has 0 amide bonds. The summed E-state index contributed by atoms with van der Waals surface area (Å²) in [5, 5.41) is 11.1. The van der Waals surface area contributed by atoms with Crippen LogP contribution in [-0.2, 0) is 12.8 Å². The molecule has 3 heteroatoms. The fraction of sp³-hybridized carbons (Fsp3) is 0.462. The highest BCUT2D eigenvalue weighted by molar-refractivity contribution is 5.84. The average Bonchev–Trinajstić information content (AvgIpc) is 3.09. The second-order valence-electron chi connectivity index (χ2n) is 9.30. The quantitative estimate of drug-likeness (QED) is 0.605. The molecule has 2 aliphatic heterocycles. The molecule has 5 unspecified atom stereocenters. The molecule has 0 saturated carbocycles. The number of nitrogens with zero attached hydrogens (tertiary/aromatic N) is 1. The number of furan rings is 1. The molecule has 152 valence electrons. The first-order valence-electron chi connectivity index (χ1n) is 11.1. The number of phenolic OH excluding ortho intramolecular Hbond substituents is 1. The molecule has 1 aromatic heterocycles. The van der Waals surface area contributed by atoms with Gasteiger partial charge in [-0.1, -0.05) is 37.3 Å². The average molecular weight is 390 g/mol. The molecule has 29 heavy (non-hydrogen) atoms. The molecule has 2 bridgehead atoms. The van der Waals surface area contributed by atoms with Crippen molar-refractivity contribution in [3.05, 3.63) is 65.4 Å². The molecule has 5 rings (SSSR count). The first-order valence-corrected chi connectivity index (χ1v) is 11.1. The van der Waals surface area contributed by atoms with Crippen LogP contribution >= 0.6 is 0 Å². The summed E-state index contributed by atoms with van der Waals surface area (Å²) < 4.78 is 6.32. The lowest BCUT2D eigenvalue weighted by atomic mass is 9.77. The lowest BCUT2D eigenvalue weighted by Crippen LogP contribution is -2.48. The maximum atomic E-state index is 10.0. The van der Waals surface area contributed by atoms with E-state index in [2.05, 4.69) is 49.1 Å². The molecule has 5 atom stereocenters. The summed E-state index contributed by atoms with van der Waals surface area (Å²) in [5.41, 5.74) is 3.68. The van der Waals surface area contributed by atoms with E-state index in [4.69, 9.17) is 4.42 Å². The van der Waals surface area contributed by atoms with Gasteiger partial charge in [-0.15, -0.1) is 0 Å². The molecular formula is C26H31NO2. The summed E-state index contributed by atoms with van der Waals surface area (Å²) in [7, 11) is 0. The topological polar surface area (TPSA) is 36.6 Å². The van der Waals surface area contributed by atoms with Crippen LogP contribution in [0, 0.1) is 11.8 Å². The number of hydrogen-bond donors (Lipinski definition) is 1. The van der Waals surface area contributed by atoms with Crippen LogP contribution in [-0.4, -0.2) is 29.1 Å². The van der Waals surface area contributed by atoms with Crippen molar-refractivity contribution in [3.63, 3.8) is 0 Å². The van der Waals surface area contributed by atoms with Crippen molar-refractivity contribution in [1.82, 2.24) is 4.90 Å². The monoisotopic (exact) mass is 389 g/mol. The minimum atomic E-state index is 0.323. The van der Waals surface area contributed by atoms with Crippen molar-refractivity contribution in [2.75, 3.05) is 13.1 Å². The zero-order valence-electron chi connectivity index (χ0n) is 17.5. The maximum Gasteiger partial charge on any atom is 0.134 e. The van der Waals surface area contributed by atoms with E-state index in [1.54, 1.807) is 6.07 Å². The summed E-state index contributed by atoms with van der Waals surface area (Å²) in [5.74, 6) is 3.29. The van der Waals surface area contributed by atoms with Crippen LogP contribution in [0.3, 0.4) is 0 Å². The number of fused-ring (bicyclic) bond motifs is 5. The van der Waals surface area contributed by atoms with Crippen molar-refractivity contribution >= 4 is 11.0 Å². The maximum absolute atomic E-state index is 10.0. The third-order valence-corrected chi connectivity index (χ3v) is 7.32. The van der Waals surface area contributed by atoms with Gasteiger partial charge in [-0.25, -0.2) is 0 Å². The normalized spacial score (nSPS) is 29.7. The Kier molecular flexibility index (Phi) is 4.87. The van der Waals surface area contributed by atoms with Gasteiger partial charge in [-0.3, -0.25) is 4.90 Å². The Bertz CT molecular complexity index is 993. The van der Waals surface area contributed by atoms with Gasteiger partial charge in [-0.2, -0.15) is 0 Å². The molecule has 0 aliphatic carbocycles. The highest BCUT2D eigenvalue weighted by Crippen LogP contribution is 2.41. The zero-order valence-corrected chi connectivity index (χ0v) is 17.5. The first-order chi connectivity index (χ1) is 14.1. The smallest absolute Gasteiger partial charge is 0.134 e. The molecule has 3 aromatic rings. The Labute approximate surface area is 173 Å². The SMILES string of the molecule is CC1CC2CC(Cc3ccccc3)C(C)N(CCc3c1oc1ccc(O)cc31)C2. The highest BCUT2D eigenvalue weighted by Gasteiger charge is 2.36. The van der Waals surface area contributed by atoms with E-state index >= 15 is 0 Å². The summed E-state index contributed by atoms with van der Waals surface area (Å²) in [4.78, 5) is 2.71. The number of rotatable bonds is 2. The van der Waals surface area contributed by atoms with Gasteiger partial charge in [0.25, 0.3) is 0 Å². The number of hydrogen-bond acceptors (Lipinski definition) is 3. The van der Waals surface area contributed by atoms with Gasteiger partial charge in [0.2, 0.25) is 0 Å². The highest BCUT2D eigenvalue weighted by atomic mass is 16.3. The third kappa shape index (κ3) is 3.57. The molecule has 3 heterocycles. The van der Waals surface area contributed by atoms with Gasteiger partial charge in [0, 0.05) is 36.0 Å². The Morgan fingerprint density at radius 3 is 2.72 bits per heavy atom. The second kappa shape index (κ2) is 7.53. The molecule has 3 nitrogen and oxygen atoms in total. The molecular weight excluding hydrogens is 358 g/mol. The van der Waals surface area contributed by atoms with Gasteiger partial charge in [0.15, 0.2) is 0 Å². The molecule has 2 aromatic carbocycles. The van der Waals surface area contributed by atoms with Crippen molar-refractivity contribution in [1.29, 1.82) is 0 Å². The fourth-order valence-corrected chi connectivity index (χ4v) is 5.81. The molecule has 0 radical (unpaired) electrons. The Morgan fingerprint density at radius 2 is 1.90 bits per heavy atom. The van der Waals surface area contributed by atoms with Crippen molar-refractivity contribution in [3.8, 4) is 5.75 Å². The Morgan fingerprint density at radius 1 is 1.07 bits per heavy atom. The Balaban J connectivity index is 1.45. The van der Waals surface area contributed by atoms with E-state index in [0.717, 1.165) is 29.7 Å². The van der Waals surface area contributed by atoms with E-state index in [0.29, 0.717) is 29.5 Å². The second-order valence-corrected chi connectivity index (χ2v) is 9.30. The van der Waals surface area contributed by atoms with Gasteiger partial charge in [0.05, 0.1) is 0 Å². The largest absolute Gasteiger partial charge is 0.508 e. The van der Waals surface area contributed by atoms with E-state index < -0.39 is 0 Å². The van der Waals surface area contributed by atoms with E-state index in [-0.39, 0.29) is 0 Å². The van der Waals surface area contributed by atoms with E-state index in [1.807, 2.05) is 12.1 Å². The van der Waals surface area contributed by atoms with Gasteiger partial charge < -0.3 is 9.52 Å². The molecule has 1 N–H and O–H groups in total. The molecule has 1 saturated heterocycles. The molecule has 2 aliphatic rings.